The Balaban J connectivity index is 2.20. The molecule has 0 fully saturated rings. The van der Waals surface area contributed by atoms with Crippen LogP contribution in [0.3, 0.4) is 0 Å². The van der Waals surface area contributed by atoms with Gasteiger partial charge in [0.2, 0.25) is 0 Å². The largest absolute Gasteiger partial charge is 0.496 e. The molecule has 0 spiro atoms. The molecule has 0 amide bonds. The van der Waals surface area contributed by atoms with Gasteiger partial charge in [0.1, 0.15) is 5.75 Å². The number of aryl methyl sites for hydroxylation is 1. The van der Waals surface area contributed by atoms with E-state index in [-0.39, 0.29) is 0 Å². The lowest BCUT2D eigenvalue weighted by Crippen LogP contribution is -2.05. The Morgan fingerprint density at radius 2 is 2.06 bits per heavy atom. The lowest BCUT2D eigenvalue weighted by Gasteiger charge is -2.07. The zero-order chi connectivity index (χ0) is 13.0. The van der Waals surface area contributed by atoms with Gasteiger partial charge in [-0.15, -0.1) is 0 Å². The van der Waals surface area contributed by atoms with Gasteiger partial charge in [-0.05, 0) is 20.0 Å². The summed E-state index contributed by atoms with van der Waals surface area (Å²) in [7, 11) is 3.64. The highest BCUT2D eigenvalue weighted by Crippen LogP contribution is 2.18. The predicted octanol–water partition coefficient (Wildman–Crippen LogP) is 1.97. The molecule has 2 aromatic rings. The number of rotatable bonds is 5. The first-order valence-corrected chi connectivity index (χ1v) is 6.04. The Morgan fingerprint density at radius 1 is 1.28 bits per heavy atom. The maximum Gasteiger partial charge on any atom is 0.123 e. The van der Waals surface area contributed by atoms with E-state index in [1.54, 1.807) is 7.11 Å². The van der Waals surface area contributed by atoms with Gasteiger partial charge in [0.05, 0.1) is 19.3 Å². The van der Waals surface area contributed by atoms with E-state index in [1.807, 2.05) is 36.9 Å². The van der Waals surface area contributed by atoms with E-state index < -0.39 is 0 Å². The smallest absolute Gasteiger partial charge is 0.123 e. The van der Waals surface area contributed by atoms with Crippen molar-refractivity contribution in [2.75, 3.05) is 14.2 Å². The number of hydrogen-bond donors (Lipinski definition) is 1. The van der Waals surface area contributed by atoms with Crippen molar-refractivity contribution < 1.29 is 4.74 Å². The molecule has 0 atom stereocenters. The molecule has 0 bridgehead atoms. The first kappa shape index (κ1) is 12.6. The van der Waals surface area contributed by atoms with Crippen LogP contribution in [-0.4, -0.2) is 23.9 Å². The third kappa shape index (κ3) is 2.71. The Morgan fingerprint density at radius 3 is 2.78 bits per heavy atom. The Labute approximate surface area is 108 Å². The number of ether oxygens (including phenoxy) is 1. The maximum atomic E-state index is 5.35. The summed E-state index contributed by atoms with van der Waals surface area (Å²) in [5.74, 6) is 0.904. The van der Waals surface area contributed by atoms with Crippen LogP contribution in [0.5, 0.6) is 5.75 Å². The van der Waals surface area contributed by atoms with Crippen molar-refractivity contribution in [1.82, 2.24) is 15.1 Å². The maximum absolute atomic E-state index is 5.35. The molecule has 0 saturated heterocycles. The Kier molecular flexibility index (Phi) is 3.99. The molecule has 0 radical (unpaired) electrons. The molecule has 4 nitrogen and oxygen atoms in total. The molecule has 0 unspecified atom stereocenters. The second kappa shape index (κ2) is 5.69. The molecule has 4 heteroatoms. The molecule has 2 rings (SSSR count). The number of hydrogen-bond acceptors (Lipinski definition) is 3. The fourth-order valence-corrected chi connectivity index (χ4v) is 2.01. The van der Waals surface area contributed by atoms with Gasteiger partial charge in [0.25, 0.3) is 0 Å². The number of methoxy groups -OCH3 is 1. The van der Waals surface area contributed by atoms with Crippen LogP contribution < -0.4 is 10.1 Å². The lowest BCUT2D eigenvalue weighted by atomic mass is 10.2. The van der Waals surface area contributed by atoms with Crippen LogP contribution in [0.4, 0.5) is 0 Å². The van der Waals surface area contributed by atoms with Crippen LogP contribution >= 0.6 is 0 Å². The number of para-hydroxylation sites is 1. The summed E-state index contributed by atoms with van der Waals surface area (Å²) >= 11 is 0. The fraction of sp³-hybridized carbons (Fsp3) is 0.357. The van der Waals surface area contributed by atoms with E-state index in [2.05, 4.69) is 22.7 Å². The van der Waals surface area contributed by atoms with E-state index in [0.29, 0.717) is 0 Å². The van der Waals surface area contributed by atoms with Crippen molar-refractivity contribution in [3.05, 3.63) is 47.3 Å². The number of nitrogens with one attached hydrogen (secondary N) is 1. The van der Waals surface area contributed by atoms with Crippen LogP contribution in [0.15, 0.2) is 30.5 Å². The molecule has 18 heavy (non-hydrogen) atoms. The topological polar surface area (TPSA) is 39.1 Å². The lowest BCUT2D eigenvalue weighted by molar-refractivity contribution is 0.407. The number of aromatic nitrogens is 2. The van der Waals surface area contributed by atoms with Crippen LogP contribution in [0.2, 0.25) is 0 Å². The van der Waals surface area contributed by atoms with E-state index in [4.69, 9.17) is 4.74 Å². The minimum Gasteiger partial charge on any atom is -0.496 e. The normalized spacial score (nSPS) is 10.6. The van der Waals surface area contributed by atoms with Gasteiger partial charge in [-0.25, -0.2) is 0 Å². The second-order valence-corrected chi connectivity index (χ2v) is 4.28. The van der Waals surface area contributed by atoms with Gasteiger partial charge in [0, 0.05) is 23.9 Å². The van der Waals surface area contributed by atoms with Gasteiger partial charge >= 0.3 is 0 Å². The van der Waals surface area contributed by atoms with Crippen molar-refractivity contribution in [1.29, 1.82) is 0 Å². The third-order valence-electron chi connectivity index (χ3n) is 2.94. The predicted molar refractivity (Wildman–Crippen MR) is 71.8 cm³/mol. The van der Waals surface area contributed by atoms with Crippen molar-refractivity contribution in [3.8, 4) is 5.75 Å². The van der Waals surface area contributed by atoms with Crippen LogP contribution in [0.1, 0.15) is 16.8 Å². The molecule has 0 aliphatic carbocycles. The van der Waals surface area contributed by atoms with Gasteiger partial charge in [-0.3, -0.25) is 4.68 Å². The van der Waals surface area contributed by atoms with Gasteiger partial charge in [-0.1, -0.05) is 18.2 Å². The van der Waals surface area contributed by atoms with Crippen molar-refractivity contribution in [2.24, 2.45) is 0 Å². The summed E-state index contributed by atoms with van der Waals surface area (Å²) in [4.78, 5) is 0. The van der Waals surface area contributed by atoms with E-state index in [9.17, 15) is 0 Å². The first-order chi connectivity index (χ1) is 8.74. The molecule has 0 aliphatic rings. The number of nitrogens with zero attached hydrogens (tertiary/aromatic N) is 2. The van der Waals surface area contributed by atoms with Crippen LogP contribution in [0.25, 0.3) is 0 Å². The summed E-state index contributed by atoms with van der Waals surface area (Å²) in [6.45, 7) is 3.61. The molecular weight excluding hydrogens is 226 g/mol. The molecule has 1 heterocycles. The average molecular weight is 245 g/mol. The molecule has 96 valence electrons. The zero-order valence-corrected chi connectivity index (χ0v) is 11.1. The summed E-state index contributed by atoms with van der Waals surface area (Å²) in [6, 6.07) is 8.03. The standard InChI is InChI=1S/C14H19N3O/c1-11-13(8-15-2)10-17(16-11)9-12-6-4-5-7-14(12)18-3/h4-7,10,15H,8-9H2,1-3H3. The van der Waals surface area contributed by atoms with Gasteiger partial charge in [0.15, 0.2) is 0 Å². The fourth-order valence-electron chi connectivity index (χ4n) is 2.01. The van der Waals surface area contributed by atoms with Crippen molar-refractivity contribution in [3.63, 3.8) is 0 Å². The first-order valence-electron chi connectivity index (χ1n) is 6.04. The molecule has 1 aromatic carbocycles. The van der Waals surface area contributed by atoms with Gasteiger partial charge < -0.3 is 10.1 Å². The van der Waals surface area contributed by atoms with Crippen molar-refractivity contribution >= 4 is 0 Å². The minimum absolute atomic E-state index is 0.731. The molecule has 0 aliphatic heterocycles. The highest BCUT2D eigenvalue weighted by atomic mass is 16.5. The van der Waals surface area contributed by atoms with Gasteiger partial charge in [-0.2, -0.15) is 5.10 Å². The van der Waals surface area contributed by atoms with Crippen LogP contribution in [0, 0.1) is 6.92 Å². The SMILES string of the molecule is CNCc1cn(Cc2ccccc2OC)nc1C. The van der Waals surface area contributed by atoms with Crippen LogP contribution in [-0.2, 0) is 13.1 Å². The third-order valence-corrected chi connectivity index (χ3v) is 2.94. The highest BCUT2D eigenvalue weighted by molar-refractivity contribution is 5.33. The van der Waals surface area contributed by atoms with E-state index >= 15 is 0 Å². The highest BCUT2D eigenvalue weighted by Gasteiger charge is 2.07. The molecule has 0 saturated carbocycles. The van der Waals surface area contributed by atoms with Crippen molar-refractivity contribution in [2.45, 2.75) is 20.0 Å². The minimum atomic E-state index is 0.731. The van der Waals surface area contributed by atoms with E-state index in [1.165, 1.54) is 5.56 Å². The molecular formula is C14H19N3O. The zero-order valence-electron chi connectivity index (χ0n) is 11.1. The summed E-state index contributed by atoms with van der Waals surface area (Å²) < 4.78 is 7.31. The summed E-state index contributed by atoms with van der Waals surface area (Å²) in [5.41, 5.74) is 3.44. The quantitative estimate of drug-likeness (QED) is 0.875. The average Bonchev–Trinajstić information content (AvgIpc) is 2.71. The molecule has 1 aromatic heterocycles. The number of benzene rings is 1. The Hall–Kier alpha value is -1.81. The Bertz CT molecular complexity index is 520. The summed E-state index contributed by atoms with van der Waals surface area (Å²) in [5, 5.41) is 7.67. The summed E-state index contributed by atoms with van der Waals surface area (Å²) in [6.07, 6.45) is 2.08. The van der Waals surface area contributed by atoms with E-state index in [0.717, 1.165) is 30.1 Å². The molecule has 1 N–H and O–H groups in total. The second-order valence-electron chi connectivity index (χ2n) is 4.28. The monoisotopic (exact) mass is 245 g/mol.